The summed E-state index contributed by atoms with van der Waals surface area (Å²) in [6.07, 6.45) is 5.91. The van der Waals surface area contributed by atoms with E-state index in [2.05, 4.69) is 11.1 Å². The molecule has 2 N–H and O–H groups in total. The van der Waals surface area contributed by atoms with E-state index in [1.54, 1.807) is 18.3 Å². The summed E-state index contributed by atoms with van der Waals surface area (Å²) in [5, 5.41) is 8.87. The molecule has 0 amide bonds. The van der Waals surface area contributed by atoms with Crippen molar-refractivity contribution in [2.24, 2.45) is 5.73 Å². The smallest absolute Gasteiger partial charge is 0.231 e. The summed E-state index contributed by atoms with van der Waals surface area (Å²) in [4.78, 5) is 4.04. The number of hydrogen-bond donors (Lipinski definition) is 1. The molecule has 1 heterocycles. The Kier molecular flexibility index (Phi) is 3.07. The van der Waals surface area contributed by atoms with Gasteiger partial charge in [0, 0.05) is 6.20 Å². The highest BCUT2D eigenvalue weighted by molar-refractivity contribution is 5.37. The van der Waals surface area contributed by atoms with Crippen LogP contribution in [0.5, 0.6) is 5.88 Å². The maximum absolute atomic E-state index is 8.87. The minimum absolute atomic E-state index is 0.232. The summed E-state index contributed by atoms with van der Waals surface area (Å²) in [5.41, 5.74) is 6.39. The average Bonchev–Trinajstić information content (AvgIpc) is 2.74. The highest BCUT2D eigenvalue weighted by Crippen LogP contribution is 2.28. The number of rotatable bonds is 3. The average molecular weight is 217 g/mol. The SMILES string of the molecule is N#Cc1cccnc1OCC1(N)CCCC1. The number of nitrogens with two attached hydrogens (primary N) is 1. The number of ether oxygens (including phenoxy) is 1. The fraction of sp³-hybridized carbons (Fsp3) is 0.500. The fourth-order valence-electron chi connectivity index (χ4n) is 2.03. The molecule has 0 spiro atoms. The standard InChI is InChI=1S/C12H15N3O/c13-8-10-4-3-7-15-11(10)16-9-12(14)5-1-2-6-12/h3-4,7H,1-2,5-6,9,14H2. The summed E-state index contributed by atoms with van der Waals surface area (Å²) >= 11 is 0. The zero-order chi connectivity index (χ0) is 11.4. The van der Waals surface area contributed by atoms with Gasteiger partial charge in [0.25, 0.3) is 0 Å². The highest BCUT2D eigenvalue weighted by atomic mass is 16.5. The van der Waals surface area contributed by atoms with Crippen LogP contribution in [-0.2, 0) is 0 Å². The number of pyridine rings is 1. The van der Waals surface area contributed by atoms with Gasteiger partial charge in [0.2, 0.25) is 5.88 Å². The first-order chi connectivity index (χ1) is 7.73. The Hall–Kier alpha value is -1.60. The third kappa shape index (κ3) is 2.31. The molecule has 0 radical (unpaired) electrons. The molecule has 0 unspecified atom stereocenters. The van der Waals surface area contributed by atoms with Gasteiger partial charge in [-0.1, -0.05) is 12.8 Å². The van der Waals surface area contributed by atoms with Crippen molar-refractivity contribution in [1.82, 2.24) is 4.98 Å². The Morgan fingerprint density at radius 2 is 2.25 bits per heavy atom. The second kappa shape index (κ2) is 4.50. The lowest BCUT2D eigenvalue weighted by Crippen LogP contribution is -2.42. The number of nitrogens with zero attached hydrogens (tertiary/aromatic N) is 2. The zero-order valence-electron chi connectivity index (χ0n) is 9.15. The van der Waals surface area contributed by atoms with Crippen LogP contribution in [0.2, 0.25) is 0 Å². The highest BCUT2D eigenvalue weighted by Gasteiger charge is 2.30. The Labute approximate surface area is 95.0 Å². The Morgan fingerprint density at radius 1 is 1.50 bits per heavy atom. The molecule has 0 aliphatic heterocycles. The molecule has 1 aromatic heterocycles. The molecule has 4 heteroatoms. The first-order valence-corrected chi connectivity index (χ1v) is 5.50. The molecule has 1 saturated carbocycles. The lowest BCUT2D eigenvalue weighted by Gasteiger charge is -2.23. The summed E-state index contributed by atoms with van der Waals surface area (Å²) in [6, 6.07) is 5.47. The van der Waals surface area contributed by atoms with Crippen molar-refractivity contribution >= 4 is 0 Å². The fourth-order valence-corrected chi connectivity index (χ4v) is 2.03. The van der Waals surface area contributed by atoms with Crippen LogP contribution < -0.4 is 10.5 Å². The van der Waals surface area contributed by atoms with Crippen molar-refractivity contribution in [1.29, 1.82) is 5.26 Å². The third-order valence-electron chi connectivity index (χ3n) is 2.99. The second-order valence-corrected chi connectivity index (χ2v) is 4.33. The van der Waals surface area contributed by atoms with Crippen molar-refractivity contribution in [3.05, 3.63) is 23.9 Å². The van der Waals surface area contributed by atoms with Crippen LogP contribution in [0.3, 0.4) is 0 Å². The van der Waals surface area contributed by atoms with Gasteiger partial charge in [0.1, 0.15) is 18.2 Å². The van der Waals surface area contributed by atoms with E-state index in [9.17, 15) is 0 Å². The Morgan fingerprint density at radius 3 is 2.94 bits per heavy atom. The van der Waals surface area contributed by atoms with E-state index >= 15 is 0 Å². The Bertz CT molecular complexity index is 405. The number of nitriles is 1. The molecule has 1 aromatic rings. The van der Waals surface area contributed by atoms with Crippen LogP contribution in [0.1, 0.15) is 31.2 Å². The molecule has 1 aliphatic rings. The van der Waals surface area contributed by atoms with Crippen molar-refractivity contribution in [2.75, 3.05) is 6.61 Å². The van der Waals surface area contributed by atoms with Gasteiger partial charge >= 0.3 is 0 Å². The van der Waals surface area contributed by atoms with Crippen molar-refractivity contribution in [3.63, 3.8) is 0 Å². The van der Waals surface area contributed by atoms with Crippen molar-refractivity contribution in [3.8, 4) is 11.9 Å². The van der Waals surface area contributed by atoms with Gasteiger partial charge in [-0.2, -0.15) is 5.26 Å². The molecule has 0 atom stereocenters. The summed E-state index contributed by atoms with van der Waals surface area (Å²) in [7, 11) is 0. The molecular weight excluding hydrogens is 202 g/mol. The van der Waals surface area contributed by atoms with Crippen LogP contribution in [0.25, 0.3) is 0 Å². The molecular formula is C12H15N3O. The Balaban J connectivity index is 2.02. The molecule has 16 heavy (non-hydrogen) atoms. The van der Waals surface area contributed by atoms with Crippen LogP contribution in [0.4, 0.5) is 0 Å². The lowest BCUT2D eigenvalue weighted by atomic mass is 10.0. The van der Waals surface area contributed by atoms with Crippen LogP contribution in [0, 0.1) is 11.3 Å². The van der Waals surface area contributed by atoms with E-state index in [0.717, 1.165) is 25.7 Å². The molecule has 2 rings (SSSR count). The third-order valence-corrected chi connectivity index (χ3v) is 2.99. The van der Waals surface area contributed by atoms with Gasteiger partial charge in [-0.05, 0) is 25.0 Å². The predicted octanol–water partition coefficient (Wildman–Crippen LogP) is 1.60. The molecule has 1 aliphatic carbocycles. The van der Waals surface area contributed by atoms with Gasteiger partial charge < -0.3 is 10.5 Å². The van der Waals surface area contributed by atoms with Crippen molar-refractivity contribution in [2.45, 2.75) is 31.2 Å². The molecule has 0 saturated heterocycles. The van der Waals surface area contributed by atoms with E-state index in [0.29, 0.717) is 18.1 Å². The normalized spacial score (nSPS) is 18.0. The van der Waals surface area contributed by atoms with Crippen LogP contribution >= 0.6 is 0 Å². The van der Waals surface area contributed by atoms with Gasteiger partial charge in [0.05, 0.1) is 5.54 Å². The maximum atomic E-state index is 8.87. The minimum atomic E-state index is -0.232. The zero-order valence-corrected chi connectivity index (χ0v) is 9.15. The van der Waals surface area contributed by atoms with E-state index < -0.39 is 0 Å². The summed E-state index contributed by atoms with van der Waals surface area (Å²) < 4.78 is 5.56. The van der Waals surface area contributed by atoms with E-state index in [-0.39, 0.29) is 5.54 Å². The van der Waals surface area contributed by atoms with Gasteiger partial charge in [-0.15, -0.1) is 0 Å². The minimum Gasteiger partial charge on any atom is -0.475 e. The molecule has 84 valence electrons. The van der Waals surface area contributed by atoms with Gasteiger partial charge in [0.15, 0.2) is 0 Å². The monoisotopic (exact) mass is 217 g/mol. The molecule has 4 nitrogen and oxygen atoms in total. The van der Waals surface area contributed by atoms with E-state index in [1.807, 2.05) is 0 Å². The van der Waals surface area contributed by atoms with E-state index in [1.165, 1.54) is 0 Å². The maximum Gasteiger partial charge on any atom is 0.231 e. The van der Waals surface area contributed by atoms with Crippen LogP contribution in [0.15, 0.2) is 18.3 Å². The summed E-state index contributed by atoms with van der Waals surface area (Å²) in [5.74, 6) is 0.390. The predicted molar refractivity (Wildman–Crippen MR) is 59.8 cm³/mol. The first kappa shape index (κ1) is 10.9. The summed E-state index contributed by atoms with van der Waals surface area (Å²) in [6.45, 7) is 0.443. The molecule has 0 aromatic carbocycles. The van der Waals surface area contributed by atoms with Gasteiger partial charge in [-0.3, -0.25) is 0 Å². The number of aromatic nitrogens is 1. The lowest BCUT2D eigenvalue weighted by molar-refractivity contribution is 0.213. The quantitative estimate of drug-likeness (QED) is 0.834. The largest absolute Gasteiger partial charge is 0.475 e. The van der Waals surface area contributed by atoms with E-state index in [4.69, 9.17) is 15.7 Å². The van der Waals surface area contributed by atoms with Crippen molar-refractivity contribution < 1.29 is 4.74 Å². The number of hydrogen-bond acceptors (Lipinski definition) is 4. The second-order valence-electron chi connectivity index (χ2n) is 4.33. The molecule has 0 bridgehead atoms. The first-order valence-electron chi connectivity index (χ1n) is 5.50. The van der Waals surface area contributed by atoms with Gasteiger partial charge in [-0.25, -0.2) is 4.98 Å². The van der Waals surface area contributed by atoms with Crippen LogP contribution in [-0.4, -0.2) is 17.1 Å². The molecule has 1 fully saturated rings. The topological polar surface area (TPSA) is 71.9 Å².